The third-order valence-electron chi connectivity index (χ3n) is 7.83. The van der Waals surface area contributed by atoms with E-state index in [1.165, 1.54) is 0 Å². The second-order valence-electron chi connectivity index (χ2n) is 12.4. The maximum absolute atomic E-state index is 15.7. The van der Waals surface area contributed by atoms with Gasteiger partial charge in [-0.25, -0.2) is 4.39 Å². The van der Waals surface area contributed by atoms with E-state index < -0.39 is 5.44 Å². The lowest BCUT2D eigenvalue weighted by Gasteiger charge is -2.47. The Morgan fingerprint density at radius 2 is 1.76 bits per heavy atom. The molecule has 1 amide bonds. The van der Waals surface area contributed by atoms with Crippen LogP contribution in [-0.2, 0) is 34.0 Å². The molecule has 1 atom stereocenters. The Morgan fingerprint density at radius 1 is 1.12 bits per heavy atom. The largest absolute Gasteiger partial charge is 0.381 e. The zero-order valence-corrected chi connectivity index (χ0v) is 25.5. The van der Waals surface area contributed by atoms with Crippen LogP contribution in [0.3, 0.4) is 0 Å². The topological polar surface area (TPSA) is 91.0 Å². The minimum atomic E-state index is -0.966. The van der Waals surface area contributed by atoms with Crippen molar-refractivity contribution in [2.24, 2.45) is 0 Å². The van der Waals surface area contributed by atoms with Gasteiger partial charge in [0.15, 0.2) is 0 Å². The highest BCUT2D eigenvalue weighted by Gasteiger charge is 2.38. The molecule has 1 heterocycles. The summed E-state index contributed by atoms with van der Waals surface area (Å²) in [6.07, 6.45) is 2.13. The summed E-state index contributed by atoms with van der Waals surface area (Å²) in [6.45, 7) is 10.6. The highest BCUT2D eigenvalue weighted by molar-refractivity contribution is 6.28. The lowest BCUT2D eigenvalue weighted by atomic mass is 9.71. The SMILES string of the molecule is BC(CCC=O)(C(=O)NC)N(C)Cc1c(C=O)cccc1NCc1cccc(CN2CC(C)(C)OC(C)(C)C2)c1F. The van der Waals surface area contributed by atoms with Gasteiger partial charge in [0, 0.05) is 68.6 Å². The maximum atomic E-state index is 15.7. The van der Waals surface area contributed by atoms with Crippen LogP contribution in [0.15, 0.2) is 36.4 Å². The van der Waals surface area contributed by atoms with Crippen molar-refractivity contribution in [1.82, 2.24) is 15.1 Å². The van der Waals surface area contributed by atoms with Crippen LogP contribution in [0.1, 0.15) is 67.6 Å². The van der Waals surface area contributed by atoms with E-state index in [2.05, 4.69) is 43.2 Å². The Morgan fingerprint density at radius 3 is 2.37 bits per heavy atom. The lowest BCUT2D eigenvalue weighted by Crippen LogP contribution is -2.57. The van der Waals surface area contributed by atoms with Gasteiger partial charge in [-0.05, 0) is 52.8 Å². The fourth-order valence-corrected chi connectivity index (χ4v) is 5.94. The van der Waals surface area contributed by atoms with Crippen LogP contribution in [0.4, 0.5) is 10.1 Å². The number of carbonyl (C=O) groups excluding carboxylic acids is 3. The molecule has 1 fully saturated rings. The molecule has 0 aliphatic carbocycles. The molecule has 1 aliphatic heterocycles. The van der Waals surface area contributed by atoms with Crippen LogP contribution in [0.5, 0.6) is 0 Å². The molecule has 0 bridgehead atoms. The van der Waals surface area contributed by atoms with E-state index >= 15 is 4.39 Å². The molecule has 0 saturated carbocycles. The van der Waals surface area contributed by atoms with Crippen molar-refractivity contribution in [2.45, 2.75) is 76.8 Å². The first-order valence-corrected chi connectivity index (χ1v) is 14.1. The first-order valence-electron chi connectivity index (χ1n) is 14.1. The smallest absolute Gasteiger partial charge is 0.231 e. The number of nitrogens with zero attached hydrogens (tertiary/aromatic N) is 2. The van der Waals surface area contributed by atoms with Crippen molar-refractivity contribution >= 4 is 32.0 Å². The summed E-state index contributed by atoms with van der Waals surface area (Å²) < 4.78 is 21.9. The van der Waals surface area contributed by atoms with Gasteiger partial charge >= 0.3 is 0 Å². The fourth-order valence-electron chi connectivity index (χ4n) is 5.94. The Labute approximate surface area is 244 Å². The molecule has 0 radical (unpaired) electrons. The van der Waals surface area contributed by atoms with Crippen molar-refractivity contribution in [3.63, 3.8) is 0 Å². The number of carbonyl (C=O) groups is 3. The van der Waals surface area contributed by atoms with Gasteiger partial charge in [-0.15, -0.1) is 0 Å². The van der Waals surface area contributed by atoms with E-state index in [-0.39, 0.29) is 42.4 Å². The summed E-state index contributed by atoms with van der Waals surface area (Å²) in [6, 6.07) is 10.8. The number of hydrogen-bond donors (Lipinski definition) is 2. The van der Waals surface area contributed by atoms with Gasteiger partial charge < -0.3 is 20.2 Å². The van der Waals surface area contributed by atoms with E-state index in [9.17, 15) is 14.4 Å². The van der Waals surface area contributed by atoms with Crippen molar-refractivity contribution < 1.29 is 23.5 Å². The number of halogens is 1. The zero-order valence-electron chi connectivity index (χ0n) is 25.5. The molecule has 10 heteroatoms. The predicted molar refractivity (Wildman–Crippen MR) is 162 cm³/mol. The van der Waals surface area contributed by atoms with Crippen LogP contribution in [0.2, 0.25) is 0 Å². The second kappa shape index (κ2) is 13.3. The number of benzene rings is 2. The molecule has 222 valence electrons. The van der Waals surface area contributed by atoms with Crippen molar-refractivity contribution in [1.29, 1.82) is 0 Å². The normalized spacial score (nSPS) is 18.0. The average Bonchev–Trinajstić information content (AvgIpc) is 2.90. The molecular formula is C31H44BFN4O4. The van der Waals surface area contributed by atoms with E-state index in [1.54, 1.807) is 40.1 Å². The fraction of sp³-hybridized carbons (Fsp3) is 0.516. The number of morpholine rings is 1. The van der Waals surface area contributed by atoms with Crippen molar-refractivity contribution in [2.75, 3.05) is 32.5 Å². The van der Waals surface area contributed by atoms with Gasteiger partial charge in [0.25, 0.3) is 0 Å². The summed E-state index contributed by atoms with van der Waals surface area (Å²) in [7, 11) is 5.14. The summed E-state index contributed by atoms with van der Waals surface area (Å²) in [5, 5.41) is 6.02. The van der Waals surface area contributed by atoms with Crippen LogP contribution in [0.25, 0.3) is 0 Å². The molecule has 2 aromatic rings. The third kappa shape index (κ3) is 8.02. The van der Waals surface area contributed by atoms with Gasteiger partial charge in [-0.1, -0.05) is 30.3 Å². The van der Waals surface area contributed by atoms with Crippen LogP contribution < -0.4 is 10.6 Å². The minimum Gasteiger partial charge on any atom is -0.381 e. The van der Waals surface area contributed by atoms with E-state index in [4.69, 9.17) is 4.74 Å². The summed E-state index contributed by atoms with van der Waals surface area (Å²) >= 11 is 0. The number of nitrogens with one attached hydrogen (secondary N) is 2. The van der Waals surface area contributed by atoms with Gasteiger partial charge in [-0.3, -0.25) is 19.4 Å². The third-order valence-corrected chi connectivity index (χ3v) is 7.83. The Bertz CT molecular complexity index is 1240. The molecule has 2 N–H and O–H groups in total. The summed E-state index contributed by atoms with van der Waals surface area (Å²) in [5.41, 5.74) is 1.37. The number of rotatable bonds is 13. The molecule has 2 aromatic carbocycles. The number of aldehydes is 2. The van der Waals surface area contributed by atoms with Crippen LogP contribution in [0, 0.1) is 5.82 Å². The summed E-state index contributed by atoms with van der Waals surface area (Å²) in [4.78, 5) is 39.9. The van der Waals surface area contributed by atoms with Crippen LogP contribution >= 0.6 is 0 Å². The highest BCUT2D eigenvalue weighted by atomic mass is 19.1. The number of amides is 1. The van der Waals surface area contributed by atoms with Gasteiger partial charge in [0.1, 0.15) is 26.2 Å². The van der Waals surface area contributed by atoms with Crippen LogP contribution in [-0.4, -0.2) is 80.0 Å². The summed E-state index contributed by atoms with van der Waals surface area (Å²) in [5.74, 6) is -0.473. The predicted octanol–water partition coefficient (Wildman–Crippen LogP) is 3.13. The quantitative estimate of drug-likeness (QED) is 0.285. The standard InChI is InChI=1S/C31H44BFN4O4/c1-29(2)20-37(21-30(3,4)41-29)17-23-11-7-10-22(27(23)33)16-35-26-13-8-12-24(19-39)25(26)18-36(6)31(32,14-9-15-38)28(40)34-5/h7-8,10-13,15,19,35H,9,14,16-18,20-21,32H2,1-6H3,(H,34,40). The van der Waals surface area contributed by atoms with E-state index in [0.717, 1.165) is 12.6 Å². The molecule has 0 spiro atoms. The molecule has 41 heavy (non-hydrogen) atoms. The minimum absolute atomic E-state index is 0.217. The number of likely N-dealkylation sites (N-methyl/N-ethyl adjacent to an activating group) is 2. The number of hydrogen-bond acceptors (Lipinski definition) is 7. The highest BCUT2D eigenvalue weighted by Crippen LogP contribution is 2.30. The monoisotopic (exact) mass is 566 g/mol. The molecule has 3 rings (SSSR count). The molecule has 0 aromatic heterocycles. The van der Waals surface area contributed by atoms with E-state index in [0.29, 0.717) is 54.0 Å². The first-order chi connectivity index (χ1) is 19.2. The lowest BCUT2D eigenvalue weighted by molar-refractivity contribution is -0.182. The van der Waals surface area contributed by atoms with Gasteiger partial charge in [-0.2, -0.15) is 0 Å². The Kier molecular flexibility index (Phi) is 10.5. The first kappa shape index (κ1) is 32.4. The number of ether oxygens (including phenoxy) is 1. The number of anilines is 1. The second-order valence-corrected chi connectivity index (χ2v) is 12.4. The Hall–Kier alpha value is -3.08. The van der Waals surface area contributed by atoms with Crippen molar-refractivity contribution in [3.8, 4) is 0 Å². The molecule has 1 aliphatic rings. The van der Waals surface area contributed by atoms with Gasteiger partial charge in [0.05, 0.1) is 16.6 Å². The molecule has 1 saturated heterocycles. The average molecular weight is 567 g/mol. The maximum Gasteiger partial charge on any atom is 0.231 e. The van der Waals surface area contributed by atoms with Crippen molar-refractivity contribution in [3.05, 3.63) is 64.5 Å². The Balaban J connectivity index is 1.82. The molecule has 1 unspecified atom stereocenters. The van der Waals surface area contributed by atoms with Gasteiger partial charge in [0.2, 0.25) is 5.91 Å². The molecule has 8 nitrogen and oxygen atoms in total. The zero-order chi connectivity index (χ0) is 30.4. The molecular weight excluding hydrogens is 522 g/mol. The van der Waals surface area contributed by atoms with E-state index in [1.807, 2.05) is 23.1 Å².